The molecule has 0 radical (unpaired) electrons. The molecule has 0 aromatic heterocycles. The highest BCUT2D eigenvalue weighted by Gasteiger charge is 2.23. The van der Waals surface area contributed by atoms with Crippen molar-refractivity contribution in [1.82, 2.24) is 5.32 Å². The van der Waals surface area contributed by atoms with Crippen LogP contribution < -0.4 is 14.8 Å². The summed E-state index contributed by atoms with van der Waals surface area (Å²) in [5, 5.41) is 3.19. The van der Waals surface area contributed by atoms with Gasteiger partial charge in [-0.2, -0.15) is 0 Å². The molecule has 1 fully saturated rings. The summed E-state index contributed by atoms with van der Waals surface area (Å²) in [4.78, 5) is 12.4. The minimum absolute atomic E-state index is 0.0698. The molecule has 3 rings (SSSR count). The van der Waals surface area contributed by atoms with Crippen LogP contribution in [-0.4, -0.2) is 26.2 Å². The van der Waals surface area contributed by atoms with Crippen LogP contribution in [0.15, 0.2) is 48.5 Å². The van der Waals surface area contributed by atoms with E-state index in [-0.39, 0.29) is 11.9 Å². The molecule has 4 heteroatoms. The number of hydrogen-bond donors (Lipinski definition) is 1. The van der Waals surface area contributed by atoms with E-state index in [1.165, 1.54) is 5.56 Å². The van der Waals surface area contributed by atoms with Gasteiger partial charge in [0, 0.05) is 6.04 Å². The Morgan fingerprint density at radius 2 is 1.65 bits per heavy atom. The fourth-order valence-electron chi connectivity index (χ4n) is 3.75. The normalized spacial score (nSPS) is 19.6. The summed E-state index contributed by atoms with van der Waals surface area (Å²) in [7, 11) is 3.21. The summed E-state index contributed by atoms with van der Waals surface area (Å²) in [6, 6.07) is 16.6. The second-order valence-electron chi connectivity index (χ2n) is 6.89. The summed E-state index contributed by atoms with van der Waals surface area (Å²) in [5.74, 6) is 2.02. The van der Waals surface area contributed by atoms with E-state index in [1.807, 2.05) is 18.2 Å². The van der Waals surface area contributed by atoms with Crippen LogP contribution in [0.1, 0.15) is 42.7 Å². The Labute approximate surface area is 155 Å². The SMILES string of the molecule is COc1ccc(CC(=O)NC2CCC(c3ccccc3)CC2)cc1OC. The summed E-state index contributed by atoms with van der Waals surface area (Å²) in [6.45, 7) is 0. The second-order valence-corrected chi connectivity index (χ2v) is 6.89. The number of carbonyl (C=O) groups is 1. The molecule has 138 valence electrons. The van der Waals surface area contributed by atoms with E-state index in [9.17, 15) is 4.79 Å². The van der Waals surface area contributed by atoms with E-state index < -0.39 is 0 Å². The molecule has 0 atom stereocenters. The van der Waals surface area contributed by atoms with Gasteiger partial charge in [0.1, 0.15) is 0 Å². The molecule has 0 unspecified atom stereocenters. The average Bonchev–Trinajstić information content (AvgIpc) is 2.69. The number of benzene rings is 2. The number of nitrogens with one attached hydrogen (secondary N) is 1. The zero-order valence-corrected chi connectivity index (χ0v) is 15.5. The molecule has 26 heavy (non-hydrogen) atoms. The van der Waals surface area contributed by atoms with Crippen molar-refractivity contribution in [2.75, 3.05) is 14.2 Å². The zero-order chi connectivity index (χ0) is 18.4. The first-order valence-corrected chi connectivity index (χ1v) is 9.25. The van der Waals surface area contributed by atoms with Crippen LogP contribution in [0.2, 0.25) is 0 Å². The summed E-state index contributed by atoms with van der Waals surface area (Å²) >= 11 is 0. The van der Waals surface area contributed by atoms with Crippen molar-refractivity contribution < 1.29 is 14.3 Å². The highest BCUT2D eigenvalue weighted by molar-refractivity contribution is 5.79. The maximum Gasteiger partial charge on any atom is 0.224 e. The van der Waals surface area contributed by atoms with Crippen LogP contribution in [0, 0.1) is 0 Å². The van der Waals surface area contributed by atoms with Gasteiger partial charge in [-0.3, -0.25) is 4.79 Å². The first kappa shape index (κ1) is 18.3. The van der Waals surface area contributed by atoms with Crippen LogP contribution in [0.3, 0.4) is 0 Å². The fraction of sp³-hybridized carbons (Fsp3) is 0.409. The van der Waals surface area contributed by atoms with Crippen LogP contribution in [-0.2, 0) is 11.2 Å². The number of hydrogen-bond acceptors (Lipinski definition) is 3. The highest BCUT2D eigenvalue weighted by Crippen LogP contribution is 2.33. The van der Waals surface area contributed by atoms with E-state index >= 15 is 0 Å². The maximum atomic E-state index is 12.4. The van der Waals surface area contributed by atoms with Gasteiger partial charge in [0.2, 0.25) is 5.91 Å². The van der Waals surface area contributed by atoms with Gasteiger partial charge < -0.3 is 14.8 Å². The molecule has 1 aliphatic carbocycles. The Morgan fingerprint density at radius 3 is 2.31 bits per heavy atom. The summed E-state index contributed by atoms with van der Waals surface area (Å²) in [6.07, 6.45) is 4.70. The van der Waals surface area contributed by atoms with Crippen molar-refractivity contribution in [2.24, 2.45) is 0 Å². The predicted molar refractivity (Wildman–Crippen MR) is 103 cm³/mol. The zero-order valence-electron chi connectivity index (χ0n) is 15.5. The Hall–Kier alpha value is -2.49. The Kier molecular flexibility index (Phi) is 6.16. The number of carbonyl (C=O) groups excluding carboxylic acids is 1. The van der Waals surface area contributed by atoms with E-state index in [2.05, 4.69) is 35.6 Å². The lowest BCUT2D eigenvalue weighted by Crippen LogP contribution is -2.38. The smallest absolute Gasteiger partial charge is 0.224 e. The van der Waals surface area contributed by atoms with E-state index in [4.69, 9.17) is 9.47 Å². The lowest BCUT2D eigenvalue weighted by atomic mass is 9.82. The van der Waals surface area contributed by atoms with Gasteiger partial charge in [-0.15, -0.1) is 0 Å². The minimum Gasteiger partial charge on any atom is -0.493 e. The van der Waals surface area contributed by atoms with Gasteiger partial charge in [0.05, 0.1) is 20.6 Å². The molecule has 0 spiro atoms. The minimum atomic E-state index is 0.0698. The van der Waals surface area contributed by atoms with Gasteiger partial charge in [-0.05, 0) is 54.9 Å². The van der Waals surface area contributed by atoms with Crippen molar-refractivity contribution in [2.45, 2.75) is 44.1 Å². The van der Waals surface area contributed by atoms with Crippen molar-refractivity contribution >= 4 is 5.91 Å². The first-order chi connectivity index (χ1) is 12.7. The third-order valence-electron chi connectivity index (χ3n) is 5.18. The van der Waals surface area contributed by atoms with Gasteiger partial charge in [0.15, 0.2) is 11.5 Å². The molecule has 1 N–H and O–H groups in total. The van der Waals surface area contributed by atoms with Crippen LogP contribution in [0.4, 0.5) is 0 Å². The average molecular weight is 353 g/mol. The number of ether oxygens (including phenoxy) is 2. The van der Waals surface area contributed by atoms with E-state index in [0.717, 1.165) is 31.2 Å². The topological polar surface area (TPSA) is 47.6 Å². The summed E-state index contributed by atoms with van der Waals surface area (Å²) < 4.78 is 10.5. The molecule has 4 nitrogen and oxygen atoms in total. The third-order valence-corrected chi connectivity index (χ3v) is 5.18. The molecule has 0 heterocycles. The van der Waals surface area contributed by atoms with Gasteiger partial charge in [-0.25, -0.2) is 0 Å². The molecule has 1 amide bonds. The fourth-order valence-corrected chi connectivity index (χ4v) is 3.75. The molecule has 2 aromatic rings. The largest absolute Gasteiger partial charge is 0.493 e. The molecule has 0 aliphatic heterocycles. The molecular weight excluding hydrogens is 326 g/mol. The molecule has 0 saturated heterocycles. The van der Waals surface area contributed by atoms with Gasteiger partial charge in [-0.1, -0.05) is 36.4 Å². The Bertz CT molecular complexity index is 721. The van der Waals surface area contributed by atoms with Crippen molar-refractivity contribution in [3.8, 4) is 11.5 Å². The molecule has 0 bridgehead atoms. The van der Waals surface area contributed by atoms with Crippen LogP contribution in [0.25, 0.3) is 0 Å². The monoisotopic (exact) mass is 353 g/mol. The van der Waals surface area contributed by atoms with E-state index in [1.54, 1.807) is 14.2 Å². The summed E-state index contributed by atoms with van der Waals surface area (Å²) in [5.41, 5.74) is 2.35. The molecule has 2 aromatic carbocycles. The lowest BCUT2D eigenvalue weighted by Gasteiger charge is -2.29. The Morgan fingerprint density at radius 1 is 0.962 bits per heavy atom. The lowest BCUT2D eigenvalue weighted by molar-refractivity contribution is -0.121. The predicted octanol–water partition coefficient (Wildman–Crippen LogP) is 4.09. The van der Waals surface area contributed by atoms with Crippen molar-refractivity contribution in [3.63, 3.8) is 0 Å². The van der Waals surface area contributed by atoms with Gasteiger partial charge >= 0.3 is 0 Å². The standard InChI is InChI=1S/C22H27NO3/c1-25-20-13-8-16(14-21(20)26-2)15-22(24)23-19-11-9-18(10-12-19)17-6-4-3-5-7-17/h3-8,13-14,18-19H,9-12,15H2,1-2H3,(H,23,24). The number of rotatable bonds is 6. The highest BCUT2D eigenvalue weighted by atomic mass is 16.5. The quantitative estimate of drug-likeness (QED) is 0.851. The third kappa shape index (κ3) is 4.57. The second kappa shape index (κ2) is 8.75. The number of methoxy groups -OCH3 is 2. The number of amides is 1. The molecular formula is C22H27NO3. The van der Waals surface area contributed by atoms with Crippen LogP contribution >= 0.6 is 0 Å². The molecule has 1 aliphatic rings. The van der Waals surface area contributed by atoms with Crippen LogP contribution in [0.5, 0.6) is 11.5 Å². The molecule has 1 saturated carbocycles. The maximum absolute atomic E-state index is 12.4. The Balaban J connectivity index is 1.50. The van der Waals surface area contributed by atoms with Crippen molar-refractivity contribution in [3.05, 3.63) is 59.7 Å². The first-order valence-electron chi connectivity index (χ1n) is 9.25. The van der Waals surface area contributed by atoms with Gasteiger partial charge in [0.25, 0.3) is 0 Å². The van der Waals surface area contributed by atoms with Crippen molar-refractivity contribution in [1.29, 1.82) is 0 Å². The van der Waals surface area contributed by atoms with E-state index in [0.29, 0.717) is 23.8 Å².